The molecule has 0 rings (SSSR count). The molecule has 0 aromatic rings. The molecule has 26 heavy (non-hydrogen) atoms. The average Bonchev–Trinajstić information content (AvgIpc) is 2.52. The summed E-state index contributed by atoms with van der Waals surface area (Å²) in [5.41, 5.74) is 10.6. The van der Waals surface area contributed by atoms with Gasteiger partial charge in [-0.1, -0.05) is 13.8 Å². The molecule has 0 heterocycles. The second kappa shape index (κ2) is 11.0. The molecule has 0 aliphatic rings. The Bertz CT molecular complexity index is 550. The van der Waals surface area contributed by atoms with E-state index in [0.717, 1.165) is 0 Å². The van der Waals surface area contributed by atoms with Gasteiger partial charge in [0.25, 0.3) is 0 Å². The normalized spacial score (nSPS) is 14.2. The lowest BCUT2D eigenvalue weighted by molar-refractivity contribution is -0.142. The minimum atomic E-state index is -1.34. The average molecular weight is 374 g/mol. The molecule has 0 bridgehead atoms. The number of rotatable bonds is 12. The summed E-state index contributed by atoms with van der Waals surface area (Å²) < 4.78 is 0. The van der Waals surface area contributed by atoms with Crippen molar-refractivity contribution >= 4 is 29.7 Å². The summed E-state index contributed by atoms with van der Waals surface area (Å²) in [6, 6.07) is -3.53. The molecule has 11 heteroatoms. The molecule has 8 N–H and O–H groups in total. The number of carboxylic acid groups (broad SMARTS) is 2. The zero-order valence-corrected chi connectivity index (χ0v) is 14.7. The van der Waals surface area contributed by atoms with Crippen LogP contribution < -0.4 is 22.1 Å². The van der Waals surface area contributed by atoms with Crippen LogP contribution in [-0.4, -0.2) is 58.0 Å². The number of amides is 3. The summed E-state index contributed by atoms with van der Waals surface area (Å²) in [5.74, 6) is -5.02. The van der Waals surface area contributed by atoms with Gasteiger partial charge < -0.3 is 32.3 Å². The largest absolute Gasteiger partial charge is 0.481 e. The van der Waals surface area contributed by atoms with Gasteiger partial charge in [0.2, 0.25) is 17.7 Å². The predicted octanol–water partition coefficient (Wildman–Crippen LogP) is -1.85. The van der Waals surface area contributed by atoms with E-state index in [1.54, 1.807) is 13.8 Å². The van der Waals surface area contributed by atoms with E-state index in [2.05, 4.69) is 10.6 Å². The summed E-state index contributed by atoms with van der Waals surface area (Å²) in [6.45, 7) is 3.26. The number of aliphatic carboxylic acids is 2. The van der Waals surface area contributed by atoms with E-state index in [-0.39, 0.29) is 25.7 Å². The van der Waals surface area contributed by atoms with Gasteiger partial charge in [0.15, 0.2) is 0 Å². The molecule has 0 radical (unpaired) electrons. The SMILES string of the molecule is CC(C)[C@H](NC(=O)[C@@H](N)CCC(=O)O)C(=O)N[C@@H](CCC(N)=O)C(=O)O. The second-order valence-electron chi connectivity index (χ2n) is 6.17. The summed E-state index contributed by atoms with van der Waals surface area (Å²) in [5, 5.41) is 22.4. The lowest BCUT2D eigenvalue weighted by atomic mass is 10.0. The monoisotopic (exact) mass is 374 g/mol. The van der Waals surface area contributed by atoms with Crippen LogP contribution in [0.2, 0.25) is 0 Å². The van der Waals surface area contributed by atoms with Crippen LogP contribution in [-0.2, 0) is 24.0 Å². The highest BCUT2D eigenvalue weighted by atomic mass is 16.4. The van der Waals surface area contributed by atoms with Gasteiger partial charge in [-0.25, -0.2) is 4.79 Å². The third-order valence-electron chi connectivity index (χ3n) is 3.55. The summed E-state index contributed by atoms with van der Waals surface area (Å²) in [6.07, 6.45) is -0.825. The highest BCUT2D eigenvalue weighted by Crippen LogP contribution is 2.06. The number of carbonyl (C=O) groups excluding carboxylic acids is 3. The zero-order valence-electron chi connectivity index (χ0n) is 14.7. The Hall–Kier alpha value is -2.69. The van der Waals surface area contributed by atoms with Crippen molar-refractivity contribution < 1.29 is 34.2 Å². The van der Waals surface area contributed by atoms with Crippen LogP contribution in [0.25, 0.3) is 0 Å². The van der Waals surface area contributed by atoms with Crippen LogP contribution >= 0.6 is 0 Å². The van der Waals surface area contributed by atoms with Crippen LogP contribution in [0, 0.1) is 5.92 Å². The lowest BCUT2D eigenvalue weighted by Gasteiger charge is -2.25. The standard InChI is InChI=1S/C15H26N4O7/c1-7(2)12(19-13(23)8(16)3-6-11(21)22)14(24)18-9(15(25)26)4-5-10(17)20/h7-9,12H,3-6,16H2,1-2H3,(H2,17,20)(H,18,24)(H,19,23)(H,21,22)(H,25,26)/t8-,9-,12-/m0/s1. The number of nitrogens with two attached hydrogens (primary N) is 2. The van der Waals surface area contributed by atoms with Gasteiger partial charge >= 0.3 is 11.9 Å². The molecule has 148 valence electrons. The number of nitrogens with one attached hydrogen (secondary N) is 2. The van der Waals surface area contributed by atoms with Gasteiger partial charge in [0.05, 0.1) is 6.04 Å². The molecule has 0 unspecified atom stereocenters. The maximum absolute atomic E-state index is 12.3. The van der Waals surface area contributed by atoms with E-state index < -0.39 is 53.7 Å². The molecule has 0 fully saturated rings. The predicted molar refractivity (Wildman–Crippen MR) is 89.6 cm³/mol. The van der Waals surface area contributed by atoms with Crippen molar-refractivity contribution in [1.82, 2.24) is 10.6 Å². The Balaban J connectivity index is 4.92. The topological polar surface area (TPSA) is 202 Å². The number of carboxylic acids is 2. The Morgan fingerprint density at radius 2 is 1.50 bits per heavy atom. The van der Waals surface area contributed by atoms with Crippen molar-refractivity contribution in [3.05, 3.63) is 0 Å². The Kier molecular flexibility index (Phi) is 9.89. The highest BCUT2D eigenvalue weighted by molar-refractivity contribution is 5.92. The Morgan fingerprint density at radius 1 is 0.923 bits per heavy atom. The van der Waals surface area contributed by atoms with Gasteiger partial charge in [0, 0.05) is 12.8 Å². The second-order valence-corrected chi connectivity index (χ2v) is 6.17. The summed E-state index contributed by atoms with van der Waals surface area (Å²) in [4.78, 5) is 56.8. The van der Waals surface area contributed by atoms with Gasteiger partial charge in [-0.2, -0.15) is 0 Å². The maximum atomic E-state index is 12.3. The molecule has 0 aromatic carbocycles. The van der Waals surface area contributed by atoms with Gasteiger partial charge in [-0.05, 0) is 18.8 Å². The summed E-state index contributed by atoms with van der Waals surface area (Å²) >= 11 is 0. The van der Waals surface area contributed by atoms with Crippen molar-refractivity contribution in [2.75, 3.05) is 0 Å². The first-order chi connectivity index (χ1) is 12.0. The molecule has 0 saturated carbocycles. The van der Waals surface area contributed by atoms with Gasteiger partial charge in [-0.15, -0.1) is 0 Å². The van der Waals surface area contributed by atoms with Crippen LogP contribution in [0.1, 0.15) is 39.5 Å². The first-order valence-corrected chi connectivity index (χ1v) is 8.04. The number of hydrogen-bond donors (Lipinski definition) is 6. The van der Waals surface area contributed by atoms with Crippen molar-refractivity contribution in [2.24, 2.45) is 17.4 Å². The Morgan fingerprint density at radius 3 is 1.92 bits per heavy atom. The van der Waals surface area contributed by atoms with E-state index in [4.69, 9.17) is 21.7 Å². The van der Waals surface area contributed by atoms with E-state index in [1.165, 1.54) is 0 Å². The quantitative estimate of drug-likeness (QED) is 0.228. The molecule has 0 aliphatic carbocycles. The van der Waals surface area contributed by atoms with Crippen LogP contribution in [0.5, 0.6) is 0 Å². The van der Waals surface area contributed by atoms with E-state index in [9.17, 15) is 24.0 Å². The van der Waals surface area contributed by atoms with Crippen LogP contribution in [0.15, 0.2) is 0 Å². The maximum Gasteiger partial charge on any atom is 0.326 e. The first-order valence-electron chi connectivity index (χ1n) is 8.04. The Labute approximate surface area is 150 Å². The van der Waals surface area contributed by atoms with E-state index in [0.29, 0.717) is 0 Å². The highest BCUT2D eigenvalue weighted by Gasteiger charge is 2.30. The molecule has 11 nitrogen and oxygen atoms in total. The zero-order chi connectivity index (χ0) is 20.4. The first kappa shape index (κ1) is 23.3. The number of primary amides is 1. The fraction of sp³-hybridized carbons (Fsp3) is 0.667. The third kappa shape index (κ3) is 8.97. The molecule has 0 saturated heterocycles. The number of hydrogen-bond acceptors (Lipinski definition) is 6. The minimum Gasteiger partial charge on any atom is -0.481 e. The van der Waals surface area contributed by atoms with Crippen LogP contribution in [0.3, 0.4) is 0 Å². The molecule has 0 spiro atoms. The van der Waals surface area contributed by atoms with Crippen molar-refractivity contribution in [1.29, 1.82) is 0 Å². The molecule has 0 aliphatic heterocycles. The number of carbonyl (C=O) groups is 5. The lowest BCUT2D eigenvalue weighted by Crippen LogP contribution is -2.56. The molecular formula is C15H26N4O7. The fourth-order valence-corrected chi connectivity index (χ4v) is 2.01. The smallest absolute Gasteiger partial charge is 0.326 e. The summed E-state index contributed by atoms with van der Waals surface area (Å²) in [7, 11) is 0. The van der Waals surface area contributed by atoms with Crippen molar-refractivity contribution in [3.63, 3.8) is 0 Å². The minimum absolute atomic E-state index is 0.107. The van der Waals surface area contributed by atoms with Crippen molar-refractivity contribution in [2.45, 2.75) is 57.7 Å². The molecule has 3 amide bonds. The molecule has 3 atom stereocenters. The van der Waals surface area contributed by atoms with Crippen molar-refractivity contribution in [3.8, 4) is 0 Å². The van der Waals surface area contributed by atoms with E-state index >= 15 is 0 Å². The van der Waals surface area contributed by atoms with Gasteiger partial charge in [0.1, 0.15) is 12.1 Å². The van der Waals surface area contributed by atoms with Crippen LogP contribution in [0.4, 0.5) is 0 Å². The molecular weight excluding hydrogens is 348 g/mol. The third-order valence-corrected chi connectivity index (χ3v) is 3.55. The fourth-order valence-electron chi connectivity index (χ4n) is 2.01. The van der Waals surface area contributed by atoms with E-state index in [1.807, 2.05) is 0 Å². The van der Waals surface area contributed by atoms with Gasteiger partial charge in [-0.3, -0.25) is 19.2 Å². The molecule has 0 aromatic heterocycles.